The molecule has 204 valence electrons. The van der Waals surface area contributed by atoms with E-state index in [-0.39, 0.29) is 18.9 Å². The predicted molar refractivity (Wildman–Crippen MR) is 143 cm³/mol. The quantitative estimate of drug-likeness (QED) is 0.325. The van der Waals surface area contributed by atoms with Crippen LogP contribution in [-0.2, 0) is 11.2 Å². The summed E-state index contributed by atoms with van der Waals surface area (Å²) in [5.74, 6) is -1.92. The molecule has 0 aliphatic heterocycles. The highest BCUT2D eigenvalue weighted by molar-refractivity contribution is 6.00. The van der Waals surface area contributed by atoms with Crippen molar-refractivity contribution in [2.45, 2.75) is 71.9 Å². The molecule has 3 N–H and O–H groups in total. The van der Waals surface area contributed by atoms with Crippen molar-refractivity contribution in [1.82, 2.24) is 10.2 Å². The molecular weight excluding hydrogens is 476 g/mol. The van der Waals surface area contributed by atoms with Gasteiger partial charge in [-0.3, -0.25) is 9.59 Å². The Morgan fingerprint density at radius 1 is 0.946 bits per heavy atom. The second-order valence-corrected chi connectivity index (χ2v) is 9.53. The van der Waals surface area contributed by atoms with Gasteiger partial charge in [0.1, 0.15) is 11.6 Å². The van der Waals surface area contributed by atoms with Crippen molar-refractivity contribution in [2.24, 2.45) is 5.73 Å². The lowest BCUT2D eigenvalue weighted by atomic mass is 9.98. The van der Waals surface area contributed by atoms with Crippen molar-refractivity contribution in [3.63, 3.8) is 0 Å². The molecule has 0 saturated heterocycles. The molecule has 2 aromatic carbocycles. The van der Waals surface area contributed by atoms with Gasteiger partial charge in [-0.1, -0.05) is 27.2 Å². The van der Waals surface area contributed by atoms with Crippen LogP contribution in [0.25, 0.3) is 0 Å². The average molecular weight is 518 g/mol. The number of nitrogens with one attached hydrogen (secondary N) is 1. The van der Waals surface area contributed by atoms with Gasteiger partial charge in [0.2, 0.25) is 0 Å². The predicted octanol–water partition coefficient (Wildman–Crippen LogP) is 5.02. The lowest BCUT2D eigenvalue weighted by Crippen LogP contribution is -2.51. The minimum atomic E-state index is -0.696. The lowest BCUT2D eigenvalue weighted by Gasteiger charge is -2.26. The minimum absolute atomic E-state index is 0.116. The number of nitrogens with zero attached hydrogens (tertiary/aromatic N) is 1. The Kier molecular flexibility index (Phi) is 12.7. The number of rotatable bonds is 15. The fourth-order valence-electron chi connectivity index (χ4n) is 4.20. The third-order valence-corrected chi connectivity index (χ3v) is 6.02. The molecule has 0 fully saturated rings. The molecule has 2 atom stereocenters. The molecular formula is C29H41F2N3O3. The van der Waals surface area contributed by atoms with Gasteiger partial charge in [0, 0.05) is 42.9 Å². The number of hydrogen-bond donors (Lipinski definition) is 2. The monoisotopic (exact) mass is 517 g/mol. The molecule has 2 amide bonds. The summed E-state index contributed by atoms with van der Waals surface area (Å²) in [6.07, 6.45) is 3.65. The maximum atomic E-state index is 13.8. The summed E-state index contributed by atoms with van der Waals surface area (Å²) in [7, 11) is 0. The molecule has 2 aromatic rings. The van der Waals surface area contributed by atoms with Crippen LogP contribution in [0.4, 0.5) is 8.78 Å². The zero-order valence-electron chi connectivity index (χ0n) is 22.5. The van der Waals surface area contributed by atoms with Gasteiger partial charge >= 0.3 is 0 Å². The first-order valence-corrected chi connectivity index (χ1v) is 13.2. The van der Waals surface area contributed by atoms with Gasteiger partial charge in [-0.25, -0.2) is 8.78 Å². The first kappa shape index (κ1) is 30.4. The van der Waals surface area contributed by atoms with Gasteiger partial charge in [-0.15, -0.1) is 0 Å². The van der Waals surface area contributed by atoms with Crippen LogP contribution in [0.2, 0.25) is 0 Å². The molecule has 0 saturated carbocycles. The van der Waals surface area contributed by atoms with E-state index in [1.165, 1.54) is 12.1 Å². The van der Waals surface area contributed by atoms with Gasteiger partial charge in [0.15, 0.2) is 0 Å². The van der Waals surface area contributed by atoms with Gasteiger partial charge < -0.3 is 20.7 Å². The number of aryl methyl sites for hydroxylation is 1. The van der Waals surface area contributed by atoms with E-state index < -0.39 is 29.6 Å². The zero-order chi connectivity index (χ0) is 27.4. The van der Waals surface area contributed by atoms with Gasteiger partial charge in [-0.05, 0) is 74.1 Å². The Hall–Kier alpha value is -2.84. The number of amides is 2. The third kappa shape index (κ3) is 9.85. The number of nitrogens with two attached hydrogens (primary N) is 1. The van der Waals surface area contributed by atoms with E-state index in [1.807, 2.05) is 20.8 Å². The number of ether oxygens (including phenoxy) is 1. The van der Waals surface area contributed by atoms with Gasteiger partial charge in [-0.2, -0.15) is 0 Å². The smallest absolute Gasteiger partial charge is 0.253 e. The normalized spacial score (nSPS) is 12.7. The highest BCUT2D eigenvalue weighted by Crippen LogP contribution is 2.16. The molecule has 1 unspecified atom stereocenters. The fourth-order valence-corrected chi connectivity index (χ4v) is 4.20. The number of hydrogen-bond acceptors (Lipinski definition) is 4. The molecule has 0 heterocycles. The van der Waals surface area contributed by atoms with Gasteiger partial charge in [0.25, 0.3) is 11.8 Å². The van der Waals surface area contributed by atoms with Crippen LogP contribution in [0.5, 0.6) is 0 Å². The summed E-state index contributed by atoms with van der Waals surface area (Å²) in [4.78, 5) is 28.3. The molecule has 8 heteroatoms. The lowest BCUT2D eigenvalue weighted by molar-refractivity contribution is 0.0755. The van der Waals surface area contributed by atoms with Crippen molar-refractivity contribution >= 4 is 11.8 Å². The van der Waals surface area contributed by atoms with Crippen molar-refractivity contribution < 1.29 is 23.1 Å². The van der Waals surface area contributed by atoms with Crippen LogP contribution in [0, 0.1) is 18.6 Å². The Morgan fingerprint density at radius 3 is 2.16 bits per heavy atom. The summed E-state index contributed by atoms with van der Waals surface area (Å²) in [5.41, 5.74) is 8.30. The molecule has 0 radical (unpaired) electrons. The van der Waals surface area contributed by atoms with E-state index in [0.717, 1.165) is 37.3 Å². The number of halogens is 2. The van der Waals surface area contributed by atoms with Crippen molar-refractivity contribution in [3.8, 4) is 0 Å². The van der Waals surface area contributed by atoms with Crippen LogP contribution >= 0.6 is 0 Å². The summed E-state index contributed by atoms with van der Waals surface area (Å²) in [6.45, 7) is 9.92. The Balaban J connectivity index is 2.27. The Bertz CT molecular complexity index is 1010. The van der Waals surface area contributed by atoms with Crippen molar-refractivity contribution in [3.05, 3.63) is 70.3 Å². The molecule has 2 rings (SSSR count). The number of carbonyl (C=O) groups is 2. The maximum absolute atomic E-state index is 13.8. The third-order valence-electron chi connectivity index (χ3n) is 6.02. The standard InChI is InChI=1S/C29H41F2N3O3/c1-5-8-11-37-19-26(32)27(16-21-14-24(30)18-25(31)15-21)33-28(35)22-12-20(4)13-23(17-22)29(36)34(9-6-2)10-7-3/h12-15,17-18,26-27H,5-11,16,19,32H2,1-4H3,(H,33,35)/t26?,27-/m0/s1. The second-order valence-electron chi connectivity index (χ2n) is 9.53. The molecule has 0 aromatic heterocycles. The van der Waals surface area contributed by atoms with E-state index in [4.69, 9.17) is 10.5 Å². The van der Waals surface area contributed by atoms with E-state index in [1.54, 1.807) is 23.1 Å². The number of benzene rings is 2. The molecule has 0 aliphatic rings. The van der Waals surface area contributed by atoms with Gasteiger partial charge in [0.05, 0.1) is 12.6 Å². The summed E-state index contributed by atoms with van der Waals surface area (Å²) >= 11 is 0. The molecule has 0 spiro atoms. The minimum Gasteiger partial charge on any atom is -0.380 e. The van der Waals surface area contributed by atoms with Crippen LogP contribution in [0.15, 0.2) is 36.4 Å². The van der Waals surface area contributed by atoms with Crippen LogP contribution < -0.4 is 11.1 Å². The average Bonchev–Trinajstić information content (AvgIpc) is 2.84. The number of unbranched alkanes of at least 4 members (excludes halogenated alkanes) is 1. The highest BCUT2D eigenvalue weighted by atomic mass is 19.1. The van der Waals surface area contributed by atoms with E-state index in [2.05, 4.69) is 12.2 Å². The molecule has 37 heavy (non-hydrogen) atoms. The summed E-state index contributed by atoms with van der Waals surface area (Å²) in [5, 5.41) is 2.92. The first-order chi connectivity index (χ1) is 17.7. The molecule has 0 aliphatic carbocycles. The van der Waals surface area contributed by atoms with E-state index in [9.17, 15) is 18.4 Å². The highest BCUT2D eigenvalue weighted by Gasteiger charge is 2.24. The van der Waals surface area contributed by atoms with Crippen molar-refractivity contribution in [1.29, 1.82) is 0 Å². The maximum Gasteiger partial charge on any atom is 0.253 e. The van der Waals surface area contributed by atoms with E-state index in [0.29, 0.717) is 36.4 Å². The zero-order valence-corrected chi connectivity index (χ0v) is 22.5. The summed E-state index contributed by atoms with van der Waals surface area (Å²) < 4.78 is 33.3. The van der Waals surface area contributed by atoms with Crippen LogP contribution in [0.3, 0.4) is 0 Å². The number of carbonyl (C=O) groups excluding carboxylic acids is 2. The first-order valence-electron chi connectivity index (χ1n) is 13.2. The van der Waals surface area contributed by atoms with Crippen molar-refractivity contribution in [2.75, 3.05) is 26.3 Å². The fraction of sp³-hybridized carbons (Fsp3) is 0.517. The molecule has 6 nitrogen and oxygen atoms in total. The topological polar surface area (TPSA) is 84.7 Å². The van der Waals surface area contributed by atoms with Crippen LogP contribution in [0.1, 0.15) is 78.3 Å². The SMILES string of the molecule is CCCCOCC(N)[C@H](Cc1cc(F)cc(F)c1)NC(=O)c1cc(C)cc(C(=O)N(CCC)CCC)c1. The Labute approximate surface area is 219 Å². The largest absolute Gasteiger partial charge is 0.380 e. The Morgan fingerprint density at radius 2 is 1.57 bits per heavy atom. The van der Waals surface area contributed by atoms with Crippen LogP contribution in [-0.4, -0.2) is 55.1 Å². The van der Waals surface area contributed by atoms with E-state index >= 15 is 0 Å². The molecule has 0 bridgehead atoms. The second kappa shape index (κ2) is 15.4. The summed E-state index contributed by atoms with van der Waals surface area (Å²) in [6, 6.07) is 7.07.